The Morgan fingerprint density at radius 2 is 2.00 bits per heavy atom. The van der Waals surface area contributed by atoms with Crippen molar-refractivity contribution in [2.45, 2.75) is 46.1 Å². The van der Waals surface area contributed by atoms with Gasteiger partial charge in [0, 0.05) is 13.1 Å². The molecule has 3 heteroatoms. The van der Waals surface area contributed by atoms with Crippen molar-refractivity contribution < 1.29 is 4.79 Å². The van der Waals surface area contributed by atoms with Gasteiger partial charge in [-0.25, -0.2) is 0 Å². The highest BCUT2D eigenvalue weighted by molar-refractivity contribution is 5.78. The van der Waals surface area contributed by atoms with Crippen molar-refractivity contribution in [1.29, 1.82) is 0 Å². The van der Waals surface area contributed by atoms with Crippen LogP contribution < -0.4 is 5.32 Å². The molecule has 84 valence electrons. The van der Waals surface area contributed by atoms with Crippen LogP contribution in [-0.4, -0.2) is 37.0 Å². The molecule has 0 bridgehead atoms. The predicted octanol–water partition coefficient (Wildman–Crippen LogP) is 1.63. The smallest absolute Gasteiger partial charge is 0.236 e. The fourth-order valence-electron chi connectivity index (χ4n) is 1.11. The molecule has 1 amide bonds. The monoisotopic (exact) mass is 200 g/mol. The van der Waals surface area contributed by atoms with Gasteiger partial charge < -0.3 is 10.2 Å². The molecule has 0 radical (unpaired) electrons. The number of amides is 1. The van der Waals surface area contributed by atoms with Crippen molar-refractivity contribution in [3.8, 4) is 0 Å². The molecule has 0 aliphatic rings. The van der Waals surface area contributed by atoms with Crippen LogP contribution in [0.25, 0.3) is 0 Å². The van der Waals surface area contributed by atoms with Gasteiger partial charge >= 0.3 is 0 Å². The van der Waals surface area contributed by atoms with Crippen LogP contribution >= 0.6 is 0 Å². The van der Waals surface area contributed by atoms with E-state index in [0.717, 1.165) is 13.0 Å². The molecule has 0 aliphatic heterocycles. The van der Waals surface area contributed by atoms with Crippen molar-refractivity contribution >= 4 is 5.91 Å². The molecule has 1 N–H and O–H groups in total. The number of carbonyl (C=O) groups is 1. The van der Waals surface area contributed by atoms with Crippen LogP contribution in [0.1, 0.15) is 40.0 Å². The summed E-state index contributed by atoms with van der Waals surface area (Å²) < 4.78 is 0. The van der Waals surface area contributed by atoms with Gasteiger partial charge in [-0.05, 0) is 26.8 Å². The van der Waals surface area contributed by atoms with E-state index in [4.69, 9.17) is 0 Å². The molecule has 3 nitrogen and oxygen atoms in total. The summed E-state index contributed by atoms with van der Waals surface area (Å²) in [5.74, 6) is 0.177. The molecule has 0 aliphatic carbocycles. The highest BCUT2D eigenvalue weighted by atomic mass is 16.2. The zero-order valence-corrected chi connectivity index (χ0v) is 9.97. The maximum absolute atomic E-state index is 11.5. The van der Waals surface area contributed by atoms with Gasteiger partial charge in [0.25, 0.3) is 0 Å². The summed E-state index contributed by atoms with van der Waals surface area (Å²) in [6.45, 7) is 7.64. The minimum atomic E-state index is 0.177. The third-order valence-electron chi connectivity index (χ3n) is 2.40. The van der Waals surface area contributed by atoms with E-state index < -0.39 is 0 Å². The molecular formula is C11H24N2O. The second-order valence-corrected chi connectivity index (χ2v) is 3.98. The lowest BCUT2D eigenvalue weighted by Gasteiger charge is -2.21. The topological polar surface area (TPSA) is 32.3 Å². The first kappa shape index (κ1) is 13.4. The maximum Gasteiger partial charge on any atom is 0.236 e. The Bertz CT molecular complexity index is 157. The number of nitrogens with zero attached hydrogens (tertiary/aromatic N) is 1. The molecule has 0 unspecified atom stereocenters. The van der Waals surface area contributed by atoms with Gasteiger partial charge in [0.05, 0.1) is 6.54 Å². The van der Waals surface area contributed by atoms with Crippen molar-refractivity contribution in [1.82, 2.24) is 10.2 Å². The highest BCUT2D eigenvalue weighted by Crippen LogP contribution is 1.94. The number of nitrogens with one attached hydrogen (secondary N) is 1. The molecule has 0 saturated carbocycles. The van der Waals surface area contributed by atoms with Gasteiger partial charge in [-0.3, -0.25) is 4.79 Å². The summed E-state index contributed by atoms with van der Waals surface area (Å²) in [4.78, 5) is 13.3. The van der Waals surface area contributed by atoms with Crippen LogP contribution in [0.2, 0.25) is 0 Å². The van der Waals surface area contributed by atoms with Crippen molar-refractivity contribution in [3.05, 3.63) is 0 Å². The quantitative estimate of drug-likeness (QED) is 0.634. The van der Waals surface area contributed by atoms with E-state index in [-0.39, 0.29) is 5.91 Å². The molecule has 0 saturated heterocycles. The fraction of sp³-hybridized carbons (Fsp3) is 0.909. The molecule has 0 aromatic carbocycles. The Labute approximate surface area is 87.9 Å². The molecule has 0 aromatic rings. The second kappa shape index (κ2) is 7.80. The minimum Gasteiger partial charge on any atom is -0.342 e. The molecular weight excluding hydrogens is 176 g/mol. The van der Waals surface area contributed by atoms with Gasteiger partial charge in [0.15, 0.2) is 0 Å². The molecule has 0 spiro atoms. The van der Waals surface area contributed by atoms with E-state index in [2.05, 4.69) is 12.2 Å². The van der Waals surface area contributed by atoms with Gasteiger partial charge in [-0.15, -0.1) is 0 Å². The number of hydrogen-bond acceptors (Lipinski definition) is 2. The van der Waals surface area contributed by atoms with E-state index in [1.807, 2.05) is 20.9 Å². The predicted molar refractivity (Wildman–Crippen MR) is 60.3 cm³/mol. The number of unbranched alkanes of at least 4 members (excludes halogenated alkanes) is 2. The summed E-state index contributed by atoms with van der Waals surface area (Å²) in [6.07, 6.45) is 3.62. The lowest BCUT2D eigenvalue weighted by molar-refractivity contribution is -0.130. The molecule has 0 fully saturated rings. The number of hydrogen-bond donors (Lipinski definition) is 1. The molecule has 0 aromatic heterocycles. The summed E-state index contributed by atoms with van der Waals surface area (Å²) in [5, 5.41) is 3.16. The van der Waals surface area contributed by atoms with Crippen molar-refractivity contribution in [2.24, 2.45) is 0 Å². The largest absolute Gasteiger partial charge is 0.342 e. The Hall–Kier alpha value is -0.570. The van der Waals surface area contributed by atoms with Crippen LogP contribution in [0.5, 0.6) is 0 Å². The third-order valence-corrected chi connectivity index (χ3v) is 2.40. The van der Waals surface area contributed by atoms with E-state index >= 15 is 0 Å². The first-order valence-electron chi connectivity index (χ1n) is 5.56. The first-order valence-corrected chi connectivity index (χ1v) is 5.56. The Morgan fingerprint density at radius 3 is 2.50 bits per heavy atom. The van der Waals surface area contributed by atoms with E-state index in [9.17, 15) is 4.79 Å². The minimum absolute atomic E-state index is 0.177. The standard InChI is InChI=1S/C11H24N2O/c1-5-6-7-8-12-9-11(14)13(4)10(2)3/h10,12H,5-9H2,1-4H3. The normalized spacial score (nSPS) is 10.6. The summed E-state index contributed by atoms with van der Waals surface area (Å²) >= 11 is 0. The molecule has 0 heterocycles. The Kier molecular flexibility index (Phi) is 7.48. The fourth-order valence-corrected chi connectivity index (χ4v) is 1.11. The van der Waals surface area contributed by atoms with Crippen LogP contribution in [0.4, 0.5) is 0 Å². The van der Waals surface area contributed by atoms with Gasteiger partial charge in [-0.2, -0.15) is 0 Å². The van der Waals surface area contributed by atoms with Crippen molar-refractivity contribution in [2.75, 3.05) is 20.1 Å². The lowest BCUT2D eigenvalue weighted by atomic mass is 10.2. The lowest BCUT2D eigenvalue weighted by Crippen LogP contribution is -2.39. The van der Waals surface area contributed by atoms with E-state index in [1.165, 1.54) is 12.8 Å². The second-order valence-electron chi connectivity index (χ2n) is 3.98. The maximum atomic E-state index is 11.5. The van der Waals surface area contributed by atoms with Crippen LogP contribution in [0.3, 0.4) is 0 Å². The molecule has 0 rings (SSSR count). The SMILES string of the molecule is CCCCCNCC(=O)N(C)C(C)C. The van der Waals surface area contributed by atoms with Crippen molar-refractivity contribution in [3.63, 3.8) is 0 Å². The molecule has 14 heavy (non-hydrogen) atoms. The Morgan fingerprint density at radius 1 is 1.36 bits per heavy atom. The summed E-state index contributed by atoms with van der Waals surface area (Å²) in [7, 11) is 1.85. The average Bonchev–Trinajstić information content (AvgIpc) is 2.16. The third kappa shape index (κ3) is 5.97. The van der Waals surface area contributed by atoms with Gasteiger partial charge in [-0.1, -0.05) is 19.8 Å². The average molecular weight is 200 g/mol. The summed E-state index contributed by atoms with van der Waals surface area (Å²) in [5.41, 5.74) is 0. The summed E-state index contributed by atoms with van der Waals surface area (Å²) in [6, 6.07) is 0.292. The van der Waals surface area contributed by atoms with Crippen LogP contribution in [0, 0.1) is 0 Å². The van der Waals surface area contributed by atoms with Crippen LogP contribution in [-0.2, 0) is 4.79 Å². The van der Waals surface area contributed by atoms with Gasteiger partial charge in [0.1, 0.15) is 0 Å². The van der Waals surface area contributed by atoms with Crippen LogP contribution in [0.15, 0.2) is 0 Å². The Balaban J connectivity index is 3.44. The molecule has 0 atom stereocenters. The van der Waals surface area contributed by atoms with Gasteiger partial charge in [0.2, 0.25) is 5.91 Å². The zero-order chi connectivity index (χ0) is 11.0. The van der Waals surface area contributed by atoms with E-state index in [0.29, 0.717) is 12.6 Å². The highest BCUT2D eigenvalue weighted by Gasteiger charge is 2.10. The number of rotatable bonds is 7. The zero-order valence-electron chi connectivity index (χ0n) is 9.97. The first-order chi connectivity index (χ1) is 6.59. The van der Waals surface area contributed by atoms with E-state index in [1.54, 1.807) is 4.90 Å². The number of likely N-dealkylation sites (N-methyl/N-ethyl adjacent to an activating group) is 1. The number of carbonyl (C=O) groups excluding carboxylic acids is 1.